The quantitative estimate of drug-likeness (QED) is 0.161. The van der Waals surface area contributed by atoms with Crippen LogP contribution in [0.5, 0.6) is 11.5 Å². The molecule has 0 spiro atoms. The first-order chi connectivity index (χ1) is 22.9. The van der Waals surface area contributed by atoms with Crippen LogP contribution in [0, 0.1) is 12.7 Å². The van der Waals surface area contributed by atoms with Gasteiger partial charge in [0.25, 0.3) is 0 Å². The average Bonchev–Trinajstić information content (AvgIpc) is 3.05. The molecular formula is C39H33FO8. The zero-order chi connectivity index (χ0) is 34.5. The summed E-state index contributed by atoms with van der Waals surface area (Å²) in [6, 6.07) is 26.8. The van der Waals surface area contributed by atoms with Crippen molar-refractivity contribution >= 4 is 33.5 Å². The standard InChI is InChI=1S/C20H18O4.C19H15FO4/c1-12-7-9-14(10-8-12)16(11-13(2)21)18-19(22)15-5-3-4-6-17(15)24-20(18)23;1-11(21)9-14(12-5-3-2-4-6-12)17-18(22)15-10-13(20)7-8-16(15)24-19(17)23/h3-10,16,22H,11H2,1-2H3;2-8,10,14,22H,9H2,1H3/i;20-1. The van der Waals surface area contributed by atoms with Crippen LogP contribution in [0.15, 0.2) is 115 Å². The highest BCUT2D eigenvalue weighted by atomic mass is 18.2. The summed E-state index contributed by atoms with van der Waals surface area (Å²) >= 11 is 0. The maximum atomic E-state index is 13.5. The molecule has 6 rings (SSSR count). The van der Waals surface area contributed by atoms with Gasteiger partial charge in [0, 0.05) is 24.7 Å². The van der Waals surface area contributed by atoms with Gasteiger partial charge in [-0.15, -0.1) is 0 Å². The number of aromatic hydroxyl groups is 2. The zero-order valence-electron chi connectivity index (χ0n) is 26.5. The number of halogens is 1. The second-order valence-corrected chi connectivity index (χ2v) is 11.7. The highest BCUT2D eigenvalue weighted by Crippen LogP contribution is 2.37. The van der Waals surface area contributed by atoms with Crippen molar-refractivity contribution in [2.24, 2.45) is 0 Å². The van der Waals surface area contributed by atoms with Gasteiger partial charge in [0.1, 0.15) is 40.0 Å². The second kappa shape index (κ2) is 14.3. The number of ketones is 2. The summed E-state index contributed by atoms with van der Waals surface area (Å²) in [6.45, 7) is 4.85. The molecule has 0 fully saturated rings. The molecule has 0 saturated carbocycles. The third-order valence-corrected chi connectivity index (χ3v) is 8.06. The van der Waals surface area contributed by atoms with Crippen molar-refractivity contribution in [2.75, 3.05) is 0 Å². The fourth-order valence-corrected chi connectivity index (χ4v) is 5.77. The van der Waals surface area contributed by atoms with Gasteiger partial charge in [0.15, 0.2) is 0 Å². The summed E-state index contributed by atoms with van der Waals surface area (Å²) in [5, 5.41) is 21.8. The minimum atomic E-state index is -0.735. The Labute approximate surface area is 274 Å². The Hall–Kier alpha value is -5.83. The van der Waals surface area contributed by atoms with Gasteiger partial charge in [0.2, 0.25) is 0 Å². The molecule has 9 heteroatoms. The van der Waals surface area contributed by atoms with E-state index in [9.17, 15) is 33.8 Å². The first-order valence-electron chi connectivity index (χ1n) is 15.2. The molecule has 2 heterocycles. The van der Waals surface area contributed by atoms with E-state index in [-0.39, 0.29) is 58.0 Å². The van der Waals surface area contributed by atoms with Crippen molar-refractivity contribution in [1.82, 2.24) is 0 Å². The van der Waals surface area contributed by atoms with Gasteiger partial charge in [-0.3, -0.25) is 9.59 Å². The van der Waals surface area contributed by atoms with E-state index >= 15 is 0 Å². The molecule has 0 aliphatic heterocycles. The number of carbonyl (C=O) groups is 2. The molecule has 8 nitrogen and oxygen atoms in total. The van der Waals surface area contributed by atoms with Gasteiger partial charge in [0.05, 0.1) is 21.9 Å². The van der Waals surface area contributed by atoms with Gasteiger partial charge in [-0.05, 0) is 62.2 Å². The van der Waals surface area contributed by atoms with Crippen LogP contribution >= 0.6 is 0 Å². The number of para-hydroxylation sites is 1. The van der Waals surface area contributed by atoms with E-state index in [2.05, 4.69) is 0 Å². The highest BCUT2D eigenvalue weighted by molar-refractivity contribution is 5.86. The Morgan fingerprint density at radius 3 is 1.69 bits per heavy atom. The van der Waals surface area contributed by atoms with Crippen molar-refractivity contribution < 1.29 is 33.0 Å². The summed E-state index contributed by atoms with van der Waals surface area (Å²) < 4.78 is 24.1. The van der Waals surface area contributed by atoms with E-state index in [4.69, 9.17) is 8.83 Å². The van der Waals surface area contributed by atoms with Crippen LogP contribution in [-0.4, -0.2) is 21.8 Å². The van der Waals surface area contributed by atoms with Crippen LogP contribution < -0.4 is 11.3 Å². The predicted molar refractivity (Wildman–Crippen MR) is 180 cm³/mol. The minimum absolute atomic E-state index is 0.0309. The number of rotatable bonds is 8. The van der Waals surface area contributed by atoms with E-state index in [1.165, 1.54) is 19.9 Å². The minimum Gasteiger partial charge on any atom is -0.507 e. The predicted octanol–water partition coefficient (Wildman–Crippen LogP) is 7.67. The molecular weight excluding hydrogens is 614 g/mol. The third-order valence-electron chi connectivity index (χ3n) is 8.06. The fraction of sp³-hybridized carbons (Fsp3) is 0.179. The van der Waals surface area contributed by atoms with E-state index in [0.717, 1.165) is 23.3 Å². The SMILES string of the molecule is CC(=O)CC(c1ccc(C)cc1)c1c(O)c2ccccc2oc1=O.CC(=O)CC(c1ccccc1)c1c(O)c2cc([18F])ccc2oc1=O. The lowest BCUT2D eigenvalue weighted by Gasteiger charge is -2.17. The number of Topliss-reactive ketones (excluding diaryl/α,β-unsaturated/α-hetero) is 2. The van der Waals surface area contributed by atoms with Crippen molar-refractivity contribution in [1.29, 1.82) is 0 Å². The molecule has 2 atom stereocenters. The molecule has 0 radical (unpaired) electrons. The van der Waals surface area contributed by atoms with E-state index < -0.39 is 28.9 Å². The summed E-state index contributed by atoms with van der Waals surface area (Å²) in [5.41, 5.74) is 1.75. The Morgan fingerprint density at radius 2 is 1.12 bits per heavy atom. The van der Waals surface area contributed by atoms with Gasteiger partial charge in [-0.1, -0.05) is 72.3 Å². The van der Waals surface area contributed by atoms with Gasteiger partial charge >= 0.3 is 11.3 Å². The Morgan fingerprint density at radius 1 is 0.646 bits per heavy atom. The summed E-state index contributed by atoms with van der Waals surface area (Å²) in [6.07, 6.45) is 0.156. The summed E-state index contributed by atoms with van der Waals surface area (Å²) in [5.74, 6) is -2.42. The van der Waals surface area contributed by atoms with Crippen molar-refractivity contribution in [2.45, 2.75) is 45.4 Å². The summed E-state index contributed by atoms with van der Waals surface area (Å²) in [4.78, 5) is 48.3. The highest BCUT2D eigenvalue weighted by Gasteiger charge is 2.27. The van der Waals surface area contributed by atoms with Crippen LogP contribution in [0.1, 0.15) is 66.3 Å². The normalized spacial score (nSPS) is 12.2. The Balaban J connectivity index is 0.000000188. The molecule has 0 bridgehead atoms. The monoisotopic (exact) mass is 647 g/mol. The molecule has 48 heavy (non-hydrogen) atoms. The number of hydrogen-bond donors (Lipinski definition) is 2. The molecule has 244 valence electrons. The molecule has 6 aromatic rings. The van der Waals surface area contributed by atoms with Crippen molar-refractivity contribution in [3.05, 3.63) is 152 Å². The maximum absolute atomic E-state index is 13.5. The van der Waals surface area contributed by atoms with Gasteiger partial charge in [-0.25, -0.2) is 14.0 Å². The molecule has 0 aliphatic carbocycles. The molecule has 0 aliphatic rings. The third kappa shape index (κ3) is 7.25. The maximum Gasteiger partial charge on any atom is 0.343 e. The average molecular weight is 648 g/mol. The Kier molecular flexibility index (Phi) is 9.99. The largest absolute Gasteiger partial charge is 0.507 e. The number of carbonyl (C=O) groups excluding carboxylic acids is 2. The van der Waals surface area contributed by atoms with Crippen LogP contribution in [0.25, 0.3) is 21.9 Å². The smallest absolute Gasteiger partial charge is 0.343 e. The lowest BCUT2D eigenvalue weighted by molar-refractivity contribution is -0.118. The van der Waals surface area contributed by atoms with E-state index in [1.807, 2.05) is 37.3 Å². The van der Waals surface area contributed by atoms with Gasteiger partial charge in [-0.2, -0.15) is 0 Å². The second-order valence-electron chi connectivity index (χ2n) is 11.7. The summed E-state index contributed by atoms with van der Waals surface area (Å²) in [7, 11) is 0. The van der Waals surface area contributed by atoms with Crippen LogP contribution in [0.4, 0.5) is 4.39 Å². The fourth-order valence-electron chi connectivity index (χ4n) is 5.77. The van der Waals surface area contributed by atoms with Crippen LogP contribution in [0.3, 0.4) is 0 Å². The first kappa shape index (κ1) is 33.5. The number of fused-ring (bicyclic) bond motifs is 2. The Bertz CT molecular complexity index is 2230. The number of aryl methyl sites for hydroxylation is 1. The van der Waals surface area contributed by atoms with E-state index in [1.54, 1.807) is 48.5 Å². The van der Waals surface area contributed by atoms with Crippen molar-refractivity contribution in [3.8, 4) is 11.5 Å². The van der Waals surface area contributed by atoms with Crippen LogP contribution in [0.2, 0.25) is 0 Å². The zero-order valence-corrected chi connectivity index (χ0v) is 26.5. The molecule has 4 aromatic carbocycles. The number of hydrogen-bond acceptors (Lipinski definition) is 8. The molecule has 2 unspecified atom stereocenters. The van der Waals surface area contributed by atoms with E-state index in [0.29, 0.717) is 16.5 Å². The van der Waals surface area contributed by atoms with Crippen LogP contribution in [-0.2, 0) is 9.59 Å². The van der Waals surface area contributed by atoms with Gasteiger partial charge < -0.3 is 19.0 Å². The molecule has 0 amide bonds. The molecule has 2 aromatic heterocycles. The lowest BCUT2D eigenvalue weighted by atomic mass is 9.86. The van der Waals surface area contributed by atoms with Crippen molar-refractivity contribution in [3.63, 3.8) is 0 Å². The lowest BCUT2D eigenvalue weighted by Crippen LogP contribution is -2.16. The molecule has 2 N–H and O–H groups in total. The first-order valence-corrected chi connectivity index (χ1v) is 15.2. The molecule has 0 saturated heterocycles. The topological polar surface area (TPSA) is 135 Å². The number of benzene rings is 4.